The summed E-state index contributed by atoms with van der Waals surface area (Å²) in [6.07, 6.45) is 7.11. The number of nitrogens with zero attached hydrogens (tertiary/aromatic N) is 2. The number of sulfonamides is 1. The van der Waals surface area contributed by atoms with Crippen LogP contribution < -0.4 is 14.8 Å². The van der Waals surface area contributed by atoms with E-state index in [4.69, 9.17) is 4.74 Å². The molecule has 1 aromatic heterocycles. The van der Waals surface area contributed by atoms with Crippen molar-refractivity contribution in [2.24, 2.45) is 5.41 Å². The Bertz CT molecular complexity index is 1270. The number of rotatable bonds is 3. The van der Waals surface area contributed by atoms with Crippen molar-refractivity contribution in [3.05, 3.63) is 34.5 Å². The molecule has 2 N–H and O–H groups in total. The van der Waals surface area contributed by atoms with Crippen LogP contribution in [0.15, 0.2) is 17.2 Å². The number of fused-ring (bicyclic) bond motifs is 3. The Morgan fingerprint density at radius 2 is 1.76 bits per heavy atom. The normalized spacial score (nSPS) is 24.4. The van der Waals surface area contributed by atoms with Gasteiger partial charge in [0.15, 0.2) is 4.90 Å². The molecule has 1 saturated carbocycles. The van der Waals surface area contributed by atoms with E-state index in [1.165, 1.54) is 15.8 Å². The minimum absolute atomic E-state index is 0.0977. The predicted molar refractivity (Wildman–Crippen MR) is 119 cm³/mol. The number of urea groups is 1. The Kier molecular flexibility index (Phi) is 4.75. The standard InChI is InChI=1S/C23H26F2N4O4S/c24-23(25)12-22(23)8-3-9-33-20-18(11-26-29(20)13-22)34(31,32)28-21(30)27-19-16-6-1-4-14(16)10-15-5-2-7-17(15)19/h10-11H,1-9,12-13H2,(H2,27,28,30). The van der Waals surface area contributed by atoms with Gasteiger partial charge in [-0.25, -0.2) is 31.4 Å². The van der Waals surface area contributed by atoms with Crippen LogP contribution in [0.4, 0.5) is 19.3 Å². The van der Waals surface area contributed by atoms with Crippen LogP contribution in [0.5, 0.6) is 5.88 Å². The second-order valence-corrected chi connectivity index (χ2v) is 11.5. The van der Waals surface area contributed by atoms with E-state index in [2.05, 4.69) is 21.2 Å². The third-order valence-corrected chi connectivity index (χ3v) is 9.00. The van der Waals surface area contributed by atoms with E-state index in [-0.39, 0.29) is 36.8 Å². The lowest BCUT2D eigenvalue weighted by molar-refractivity contribution is 0.0428. The van der Waals surface area contributed by atoms with Gasteiger partial charge < -0.3 is 10.1 Å². The molecule has 2 aromatic rings. The van der Waals surface area contributed by atoms with Gasteiger partial charge in [-0.1, -0.05) is 6.07 Å². The number of nitrogens with one attached hydrogen (secondary N) is 2. The first-order chi connectivity index (χ1) is 16.2. The Morgan fingerprint density at radius 1 is 1.09 bits per heavy atom. The fraction of sp³-hybridized carbons (Fsp3) is 0.565. The quantitative estimate of drug-likeness (QED) is 0.682. The van der Waals surface area contributed by atoms with Crippen molar-refractivity contribution in [2.75, 3.05) is 11.9 Å². The van der Waals surface area contributed by atoms with E-state index in [0.717, 1.165) is 61.5 Å². The Balaban J connectivity index is 1.25. The third-order valence-electron chi connectivity index (χ3n) is 7.69. The van der Waals surface area contributed by atoms with Gasteiger partial charge in [-0.15, -0.1) is 0 Å². The van der Waals surface area contributed by atoms with E-state index in [1.807, 2.05) is 0 Å². The number of ether oxygens (including phenoxy) is 1. The Hall–Kier alpha value is -2.69. The first-order valence-electron chi connectivity index (χ1n) is 11.8. The summed E-state index contributed by atoms with van der Waals surface area (Å²) in [5, 5.41) is 6.82. The molecule has 182 valence electrons. The molecule has 1 aromatic carbocycles. The van der Waals surface area contributed by atoms with Gasteiger partial charge in [-0.05, 0) is 73.6 Å². The maximum Gasteiger partial charge on any atom is 0.333 e. The molecule has 2 amide bonds. The molecule has 0 saturated heterocycles. The summed E-state index contributed by atoms with van der Waals surface area (Å²) in [6, 6.07) is 1.37. The van der Waals surface area contributed by atoms with E-state index < -0.39 is 27.4 Å². The molecule has 1 aliphatic heterocycles. The number of benzene rings is 1. The number of hydrogen-bond acceptors (Lipinski definition) is 5. The molecule has 3 aliphatic carbocycles. The second-order valence-electron chi connectivity index (χ2n) is 9.88. The summed E-state index contributed by atoms with van der Waals surface area (Å²) in [7, 11) is -4.34. The zero-order chi connectivity index (χ0) is 23.7. The van der Waals surface area contributed by atoms with Gasteiger partial charge in [-0.2, -0.15) is 5.10 Å². The first-order valence-corrected chi connectivity index (χ1v) is 13.2. The van der Waals surface area contributed by atoms with E-state index in [1.54, 1.807) is 0 Å². The van der Waals surface area contributed by atoms with Crippen molar-refractivity contribution in [1.82, 2.24) is 14.5 Å². The summed E-state index contributed by atoms with van der Waals surface area (Å²) in [5.41, 5.74) is 4.13. The molecule has 4 aliphatic rings. The summed E-state index contributed by atoms with van der Waals surface area (Å²) in [4.78, 5) is 12.5. The maximum absolute atomic E-state index is 14.0. The zero-order valence-electron chi connectivity index (χ0n) is 18.6. The van der Waals surface area contributed by atoms with Crippen molar-refractivity contribution in [1.29, 1.82) is 0 Å². The molecular formula is C23H26F2N4O4S. The van der Waals surface area contributed by atoms with Gasteiger partial charge in [0, 0.05) is 12.1 Å². The molecule has 1 atom stereocenters. The number of halogens is 2. The van der Waals surface area contributed by atoms with Crippen LogP contribution >= 0.6 is 0 Å². The molecule has 1 fully saturated rings. The predicted octanol–water partition coefficient (Wildman–Crippen LogP) is 3.57. The summed E-state index contributed by atoms with van der Waals surface area (Å²) in [5.74, 6) is -2.90. The molecule has 11 heteroatoms. The van der Waals surface area contributed by atoms with E-state index in [0.29, 0.717) is 6.42 Å². The van der Waals surface area contributed by atoms with E-state index >= 15 is 0 Å². The van der Waals surface area contributed by atoms with Crippen molar-refractivity contribution in [3.8, 4) is 5.88 Å². The fourth-order valence-corrected chi connectivity index (χ4v) is 6.84. The maximum atomic E-state index is 14.0. The number of alkyl halides is 2. The highest BCUT2D eigenvalue weighted by Gasteiger charge is 2.70. The van der Waals surface area contributed by atoms with Gasteiger partial charge in [0.25, 0.3) is 15.9 Å². The van der Waals surface area contributed by atoms with Gasteiger partial charge in [0.05, 0.1) is 24.8 Å². The molecule has 1 spiro atoms. The molecular weight excluding hydrogens is 466 g/mol. The van der Waals surface area contributed by atoms with Gasteiger partial charge in [-0.3, -0.25) is 0 Å². The van der Waals surface area contributed by atoms with Crippen molar-refractivity contribution >= 4 is 21.7 Å². The number of hydrogen-bond donors (Lipinski definition) is 2. The highest BCUT2D eigenvalue weighted by Crippen LogP contribution is 2.64. The number of aryl methyl sites for hydroxylation is 2. The highest BCUT2D eigenvalue weighted by molar-refractivity contribution is 7.90. The van der Waals surface area contributed by atoms with Crippen LogP contribution in [0, 0.1) is 5.41 Å². The first kappa shape index (κ1) is 21.8. The van der Waals surface area contributed by atoms with Crippen LogP contribution in [0.1, 0.15) is 54.4 Å². The topological polar surface area (TPSA) is 102 Å². The highest BCUT2D eigenvalue weighted by atomic mass is 32.2. The number of anilines is 1. The average Bonchev–Trinajstić information content (AvgIpc) is 3.28. The minimum atomic E-state index is -4.34. The summed E-state index contributed by atoms with van der Waals surface area (Å²) < 4.78 is 63.1. The average molecular weight is 493 g/mol. The fourth-order valence-electron chi connectivity index (χ4n) is 5.85. The Labute approximate surface area is 196 Å². The van der Waals surface area contributed by atoms with Gasteiger partial charge >= 0.3 is 6.03 Å². The van der Waals surface area contributed by atoms with Gasteiger partial charge in [0.1, 0.15) is 0 Å². The molecule has 0 bridgehead atoms. The lowest BCUT2D eigenvalue weighted by atomic mass is 9.99. The number of aromatic nitrogens is 2. The summed E-state index contributed by atoms with van der Waals surface area (Å²) >= 11 is 0. The summed E-state index contributed by atoms with van der Waals surface area (Å²) in [6.45, 7) is -0.0279. The van der Waals surface area contributed by atoms with Crippen molar-refractivity contribution < 1.29 is 26.7 Å². The molecule has 1 unspecified atom stereocenters. The Morgan fingerprint density at radius 3 is 2.41 bits per heavy atom. The van der Waals surface area contributed by atoms with Crippen LogP contribution in [-0.4, -0.2) is 36.8 Å². The van der Waals surface area contributed by atoms with Crippen LogP contribution in [-0.2, 0) is 42.3 Å². The molecule has 34 heavy (non-hydrogen) atoms. The number of carbonyl (C=O) groups excluding carboxylic acids is 1. The molecule has 0 radical (unpaired) electrons. The zero-order valence-corrected chi connectivity index (χ0v) is 19.4. The smallest absolute Gasteiger partial charge is 0.333 e. The second kappa shape index (κ2) is 7.40. The molecule has 8 nitrogen and oxygen atoms in total. The van der Waals surface area contributed by atoms with Crippen LogP contribution in [0.3, 0.4) is 0 Å². The van der Waals surface area contributed by atoms with Crippen LogP contribution in [0.25, 0.3) is 0 Å². The lowest BCUT2D eigenvalue weighted by Gasteiger charge is -2.22. The minimum Gasteiger partial charge on any atom is -0.477 e. The monoisotopic (exact) mass is 492 g/mol. The number of carbonyl (C=O) groups is 1. The third kappa shape index (κ3) is 3.38. The van der Waals surface area contributed by atoms with E-state index in [9.17, 15) is 22.0 Å². The molecule has 2 heterocycles. The van der Waals surface area contributed by atoms with Crippen molar-refractivity contribution in [3.63, 3.8) is 0 Å². The van der Waals surface area contributed by atoms with Crippen molar-refractivity contribution in [2.45, 2.75) is 75.2 Å². The lowest BCUT2D eigenvalue weighted by Crippen LogP contribution is -2.35. The SMILES string of the molecule is O=C(Nc1c2c(cc3c1CCC3)CCC2)NS(=O)(=O)c1cnn2c1OCCCC1(C2)CC1(F)F. The van der Waals surface area contributed by atoms with Gasteiger partial charge in [0.2, 0.25) is 5.88 Å². The number of amides is 2. The van der Waals surface area contributed by atoms with Crippen LogP contribution in [0.2, 0.25) is 0 Å². The molecule has 6 rings (SSSR count). The largest absolute Gasteiger partial charge is 0.477 e.